The number of rotatable bonds is 1. The van der Waals surface area contributed by atoms with Gasteiger partial charge in [-0.1, -0.05) is 11.6 Å². The van der Waals surface area contributed by atoms with Gasteiger partial charge in [-0.2, -0.15) is 9.67 Å². The second-order valence-electron chi connectivity index (χ2n) is 2.64. The van der Waals surface area contributed by atoms with E-state index in [1.807, 2.05) is 0 Å². The number of aromatic nitrogens is 5. The predicted molar refractivity (Wildman–Crippen MR) is 51.1 cm³/mol. The number of halogens is 1. The molecule has 0 unspecified atom stereocenters. The van der Waals surface area contributed by atoms with Crippen molar-refractivity contribution in [3.8, 4) is 5.82 Å². The fraction of sp³-hybridized carbons (Fsp3) is 0.143. The zero-order chi connectivity index (χ0) is 10.1. The molecule has 0 aromatic carbocycles. The van der Waals surface area contributed by atoms with Gasteiger partial charge in [0.05, 0.1) is 0 Å². The van der Waals surface area contributed by atoms with Gasteiger partial charge in [-0.15, -0.1) is 15.3 Å². The van der Waals surface area contributed by atoms with Crippen molar-refractivity contribution >= 4 is 17.5 Å². The molecule has 72 valence electrons. The maximum Gasteiger partial charge on any atom is 0.240 e. The Morgan fingerprint density at radius 2 is 2.14 bits per heavy atom. The van der Waals surface area contributed by atoms with Crippen LogP contribution in [0.1, 0.15) is 5.82 Å². The molecule has 14 heavy (non-hydrogen) atoms. The van der Waals surface area contributed by atoms with Crippen molar-refractivity contribution in [2.45, 2.75) is 6.92 Å². The van der Waals surface area contributed by atoms with Crippen LogP contribution in [0, 0.1) is 6.92 Å². The van der Waals surface area contributed by atoms with Gasteiger partial charge >= 0.3 is 0 Å². The Kier molecular flexibility index (Phi) is 2.05. The van der Waals surface area contributed by atoms with Crippen LogP contribution < -0.4 is 5.73 Å². The van der Waals surface area contributed by atoms with Gasteiger partial charge < -0.3 is 5.73 Å². The Morgan fingerprint density at radius 1 is 1.36 bits per heavy atom. The molecule has 0 radical (unpaired) electrons. The summed E-state index contributed by atoms with van der Waals surface area (Å²) in [4.78, 5) is 3.94. The summed E-state index contributed by atoms with van der Waals surface area (Å²) in [5.74, 6) is 1.40. The van der Waals surface area contributed by atoms with Crippen molar-refractivity contribution in [2.24, 2.45) is 0 Å². The minimum absolute atomic E-state index is 0.208. The quantitative estimate of drug-likeness (QED) is 0.745. The average molecular weight is 211 g/mol. The summed E-state index contributed by atoms with van der Waals surface area (Å²) < 4.78 is 1.50. The molecule has 2 N–H and O–H groups in total. The Bertz CT molecular complexity index is 448. The maximum atomic E-state index is 5.60. The topological polar surface area (TPSA) is 82.5 Å². The number of nitrogens with two attached hydrogens (primary N) is 1. The van der Waals surface area contributed by atoms with Crippen LogP contribution in [0.5, 0.6) is 0 Å². The molecule has 0 aliphatic heterocycles. The van der Waals surface area contributed by atoms with Gasteiger partial charge in [0.25, 0.3) is 0 Å². The molecule has 0 saturated heterocycles. The van der Waals surface area contributed by atoms with E-state index >= 15 is 0 Å². The maximum absolute atomic E-state index is 5.60. The Labute approximate surface area is 84.7 Å². The van der Waals surface area contributed by atoms with Crippen LogP contribution in [0.25, 0.3) is 5.82 Å². The smallest absolute Gasteiger partial charge is 0.240 e. The highest BCUT2D eigenvalue weighted by Crippen LogP contribution is 2.08. The number of nitrogen functional groups attached to an aromatic ring is 1. The van der Waals surface area contributed by atoms with E-state index in [0.29, 0.717) is 16.8 Å². The first-order chi connectivity index (χ1) is 6.66. The SMILES string of the molecule is Cc1nc(N)nn1-c1ccc(Cl)nn1. The monoisotopic (exact) mass is 210 g/mol. The second kappa shape index (κ2) is 3.22. The van der Waals surface area contributed by atoms with Crippen molar-refractivity contribution in [1.29, 1.82) is 0 Å². The normalized spacial score (nSPS) is 10.4. The highest BCUT2D eigenvalue weighted by molar-refractivity contribution is 6.29. The fourth-order valence-corrected chi connectivity index (χ4v) is 1.15. The number of hydrogen-bond acceptors (Lipinski definition) is 5. The molecular formula is C7H7ClN6. The molecule has 0 bridgehead atoms. The standard InChI is InChI=1S/C7H7ClN6/c1-4-10-7(9)13-14(4)6-3-2-5(8)11-12-6/h2-3H,1H3,(H2,9,13). The van der Waals surface area contributed by atoms with Gasteiger partial charge in [0.15, 0.2) is 11.0 Å². The van der Waals surface area contributed by atoms with Crippen molar-refractivity contribution < 1.29 is 0 Å². The third-order valence-corrected chi connectivity index (χ3v) is 1.82. The number of anilines is 1. The van der Waals surface area contributed by atoms with Gasteiger partial charge in [-0.3, -0.25) is 0 Å². The summed E-state index contributed by atoms with van der Waals surface area (Å²) in [5, 5.41) is 11.8. The number of nitrogens with zero attached hydrogens (tertiary/aromatic N) is 5. The van der Waals surface area contributed by atoms with E-state index in [-0.39, 0.29) is 5.95 Å². The van der Waals surface area contributed by atoms with Crippen LogP contribution in [0.3, 0.4) is 0 Å². The van der Waals surface area contributed by atoms with Gasteiger partial charge in [-0.05, 0) is 19.1 Å². The van der Waals surface area contributed by atoms with E-state index in [1.54, 1.807) is 19.1 Å². The van der Waals surface area contributed by atoms with Gasteiger partial charge in [0.2, 0.25) is 5.95 Å². The van der Waals surface area contributed by atoms with Crippen molar-refractivity contribution in [3.63, 3.8) is 0 Å². The molecule has 2 heterocycles. The molecule has 0 fully saturated rings. The molecule has 0 saturated carbocycles. The summed E-state index contributed by atoms with van der Waals surface area (Å²) >= 11 is 5.60. The summed E-state index contributed by atoms with van der Waals surface area (Å²) in [7, 11) is 0. The van der Waals surface area contributed by atoms with Crippen molar-refractivity contribution in [1.82, 2.24) is 25.0 Å². The minimum Gasteiger partial charge on any atom is -0.366 e. The van der Waals surface area contributed by atoms with Gasteiger partial charge in [0.1, 0.15) is 5.82 Å². The first-order valence-electron chi connectivity index (χ1n) is 3.85. The Hall–Kier alpha value is -1.69. The molecule has 0 aliphatic rings. The zero-order valence-corrected chi connectivity index (χ0v) is 8.10. The lowest BCUT2D eigenvalue weighted by Gasteiger charge is -1.99. The molecule has 0 amide bonds. The Morgan fingerprint density at radius 3 is 2.64 bits per heavy atom. The van der Waals surface area contributed by atoms with Crippen LogP contribution >= 0.6 is 11.6 Å². The molecule has 2 rings (SSSR count). The molecule has 0 spiro atoms. The van der Waals surface area contributed by atoms with E-state index in [9.17, 15) is 0 Å². The summed E-state index contributed by atoms with van der Waals surface area (Å²) in [6.07, 6.45) is 0. The predicted octanol–water partition coefficient (Wildman–Crippen LogP) is 0.601. The van der Waals surface area contributed by atoms with Gasteiger partial charge in [-0.25, -0.2) is 0 Å². The van der Waals surface area contributed by atoms with E-state index in [2.05, 4.69) is 20.3 Å². The summed E-state index contributed by atoms with van der Waals surface area (Å²) in [5.41, 5.74) is 5.43. The second-order valence-corrected chi connectivity index (χ2v) is 3.03. The zero-order valence-electron chi connectivity index (χ0n) is 7.35. The molecule has 0 aliphatic carbocycles. The fourth-order valence-electron chi connectivity index (χ4n) is 1.05. The lowest BCUT2D eigenvalue weighted by Crippen LogP contribution is -2.03. The highest BCUT2D eigenvalue weighted by atomic mass is 35.5. The van der Waals surface area contributed by atoms with Gasteiger partial charge in [0, 0.05) is 0 Å². The molecule has 7 heteroatoms. The molecule has 2 aromatic heterocycles. The molecule has 6 nitrogen and oxygen atoms in total. The first-order valence-corrected chi connectivity index (χ1v) is 4.23. The van der Waals surface area contributed by atoms with E-state index in [1.165, 1.54) is 4.68 Å². The van der Waals surface area contributed by atoms with Crippen molar-refractivity contribution in [2.75, 3.05) is 5.73 Å². The summed E-state index contributed by atoms with van der Waals surface area (Å²) in [6, 6.07) is 3.32. The van der Waals surface area contributed by atoms with E-state index < -0.39 is 0 Å². The van der Waals surface area contributed by atoms with E-state index in [4.69, 9.17) is 17.3 Å². The van der Waals surface area contributed by atoms with Crippen LogP contribution in [0.15, 0.2) is 12.1 Å². The Balaban J connectivity index is 2.49. The molecule has 0 atom stereocenters. The molecule has 2 aromatic rings. The molecular weight excluding hydrogens is 204 g/mol. The van der Waals surface area contributed by atoms with Crippen LogP contribution in [-0.4, -0.2) is 25.0 Å². The first kappa shape index (κ1) is 8.89. The minimum atomic E-state index is 0.208. The number of aryl methyl sites for hydroxylation is 1. The lowest BCUT2D eigenvalue weighted by molar-refractivity contribution is 0.787. The van der Waals surface area contributed by atoms with E-state index in [0.717, 1.165) is 0 Å². The third-order valence-electron chi connectivity index (χ3n) is 1.62. The van der Waals surface area contributed by atoms with Crippen molar-refractivity contribution in [3.05, 3.63) is 23.1 Å². The van der Waals surface area contributed by atoms with Crippen LogP contribution in [-0.2, 0) is 0 Å². The third kappa shape index (κ3) is 1.51. The van der Waals surface area contributed by atoms with Crippen LogP contribution in [0.4, 0.5) is 5.95 Å². The highest BCUT2D eigenvalue weighted by Gasteiger charge is 2.06. The average Bonchev–Trinajstić information content (AvgIpc) is 2.47. The lowest BCUT2D eigenvalue weighted by atomic mass is 10.5. The largest absolute Gasteiger partial charge is 0.366 e. The van der Waals surface area contributed by atoms with Crippen LogP contribution in [0.2, 0.25) is 5.15 Å². The summed E-state index contributed by atoms with van der Waals surface area (Å²) in [6.45, 7) is 1.78. The number of hydrogen-bond donors (Lipinski definition) is 1.